The Labute approximate surface area is 174 Å². The summed E-state index contributed by atoms with van der Waals surface area (Å²) >= 11 is 0. The summed E-state index contributed by atoms with van der Waals surface area (Å²) in [5.74, 6) is -0.904. The summed E-state index contributed by atoms with van der Waals surface area (Å²) in [6, 6.07) is 22.4. The van der Waals surface area contributed by atoms with Crippen molar-refractivity contribution in [1.29, 1.82) is 0 Å². The van der Waals surface area contributed by atoms with Crippen molar-refractivity contribution in [2.45, 2.75) is 0 Å². The number of carbonyl (C=O) groups is 2. The second-order valence-corrected chi connectivity index (χ2v) is 7.12. The molecule has 1 aliphatic heterocycles. The fraction of sp³-hybridized carbons (Fsp3) is 0.167. The number of amides is 2. The van der Waals surface area contributed by atoms with Crippen LogP contribution in [0.15, 0.2) is 78.9 Å². The standard InChI is InChI=1S/C24H22FN3O2/c25-19-12-10-18(11-13-19)23(29)26-22-9-5-4-8-21(22)24(30)28-16-14-27(15-17-28)20-6-2-1-3-7-20/h1-13H,14-17H2,(H,26,29). The molecule has 1 N–H and O–H groups in total. The Balaban J connectivity index is 1.45. The fourth-order valence-electron chi connectivity index (χ4n) is 3.55. The molecule has 0 bridgehead atoms. The summed E-state index contributed by atoms with van der Waals surface area (Å²) in [4.78, 5) is 29.7. The van der Waals surface area contributed by atoms with Gasteiger partial charge < -0.3 is 15.1 Å². The van der Waals surface area contributed by atoms with Crippen molar-refractivity contribution in [3.05, 3.63) is 95.8 Å². The van der Waals surface area contributed by atoms with E-state index < -0.39 is 5.82 Å². The van der Waals surface area contributed by atoms with Gasteiger partial charge in [0.15, 0.2) is 0 Å². The second kappa shape index (κ2) is 8.78. The lowest BCUT2D eigenvalue weighted by Gasteiger charge is -2.36. The number of anilines is 2. The maximum Gasteiger partial charge on any atom is 0.256 e. The van der Waals surface area contributed by atoms with Crippen molar-refractivity contribution >= 4 is 23.2 Å². The van der Waals surface area contributed by atoms with Crippen molar-refractivity contribution in [3.63, 3.8) is 0 Å². The minimum Gasteiger partial charge on any atom is -0.368 e. The number of hydrogen-bond donors (Lipinski definition) is 1. The average molecular weight is 403 g/mol. The molecule has 0 radical (unpaired) electrons. The van der Waals surface area contributed by atoms with E-state index in [-0.39, 0.29) is 11.8 Å². The Kier molecular flexibility index (Phi) is 5.75. The Bertz CT molecular complexity index is 1030. The number of rotatable bonds is 4. The number of nitrogens with one attached hydrogen (secondary N) is 1. The Morgan fingerprint density at radius 2 is 1.40 bits per heavy atom. The summed E-state index contributed by atoms with van der Waals surface area (Å²) in [6.07, 6.45) is 0. The van der Waals surface area contributed by atoms with Gasteiger partial charge in [-0.2, -0.15) is 0 Å². The van der Waals surface area contributed by atoms with E-state index >= 15 is 0 Å². The normalized spacial score (nSPS) is 13.8. The van der Waals surface area contributed by atoms with Crippen LogP contribution in [0.25, 0.3) is 0 Å². The SMILES string of the molecule is O=C(Nc1ccccc1C(=O)N1CCN(c2ccccc2)CC1)c1ccc(F)cc1. The predicted octanol–water partition coefficient (Wildman–Crippen LogP) is 4.04. The molecular weight excluding hydrogens is 381 g/mol. The molecule has 1 heterocycles. The molecule has 0 saturated carbocycles. The van der Waals surface area contributed by atoms with Crippen LogP contribution in [0.4, 0.5) is 15.8 Å². The molecular formula is C24H22FN3O2. The quantitative estimate of drug-likeness (QED) is 0.715. The van der Waals surface area contributed by atoms with Gasteiger partial charge in [0.1, 0.15) is 5.82 Å². The molecule has 30 heavy (non-hydrogen) atoms. The van der Waals surface area contributed by atoms with E-state index in [1.165, 1.54) is 24.3 Å². The molecule has 0 atom stereocenters. The predicted molar refractivity (Wildman–Crippen MR) is 115 cm³/mol. The van der Waals surface area contributed by atoms with E-state index in [1.807, 2.05) is 23.1 Å². The molecule has 0 unspecified atom stereocenters. The van der Waals surface area contributed by atoms with Crippen LogP contribution in [0.2, 0.25) is 0 Å². The molecule has 5 nitrogen and oxygen atoms in total. The highest BCUT2D eigenvalue weighted by molar-refractivity contribution is 6.09. The highest BCUT2D eigenvalue weighted by atomic mass is 19.1. The molecule has 3 aromatic rings. The topological polar surface area (TPSA) is 52.7 Å². The maximum atomic E-state index is 13.1. The third-order valence-electron chi connectivity index (χ3n) is 5.20. The summed E-state index contributed by atoms with van der Waals surface area (Å²) in [6.45, 7) is 2.71. The number of hydrogen-bond acceptors (Lipinski definition) is 3. The van der Waals surface area contributed by atoms with Gasteiger partial charge in [-0.15, -0.1) is 0 Å². The Hall–Kier alpha value is -3.67. The monoisotopic (exact) mass is 403 g/mol. The van der Waals surface area contributed by atoms with Crippen LogP contribution in [0.5, 0.6) is 0 Å². The van der Waals surface area contributed by atoms with Crippen molar-refractivity contribution in [2.75, 3.05) is 36.4 Å². The minimum atomic E-state index is -0.406. The Morgan fingerprint density at radius 3 is 2.10 bits per heavy atom. The minimum absolute atomic E-state index is 0.113. The molecule has 1 fully saturated rings. The molecule has 1 aliphatic rings. The van der Waals surface area contributed by atoms with E-state index in [0.717, 1.165) is 18.8 Å². The van der Waals surface area contributed by atoms with Crippen molar-refractivity contribution < 1.29 is 14.0 Å². The van der Waals surface area contributed by atoms with E-state index in [0.29, 0.717) is 29.9 Å². The third kappa shape index (κ3) is 4.33. The van der Waals surface area contributed by atoms with Crippen LogP contribution in [0.1, 0.15) is 20.7 Å². The van der Waals surface area contributed by atoms with Gasteiger partial charge in [0.25, 0.3) is 11.8 Å². The zero-order chi connectivity index (χ0) is 20.9. The number of halogens is 1. The molecule has 152 valence electrons. The van der Waals surface area contributed by atoms with Gasteiger partial charge >= 0.3 is 0 Å². The van der Waals surface area contributed by atoms with Crippen LogP contribution < -0.4 is 10.2 Å². The van der Waals surface area contributed by atoms with Gasteiger partial charge in [-0.25, -0.2) is 4.39 Å². The number of carbonyl (C=O) groups excluding carboxylic acids is 2. The van der Waals surface area contributed by atoms with Crippen molar-refractivity contribution in [3.8, 4) is 0 Å². The summed E-state index contributed by atoms with van der Waals surface area (Å²) < 4.78 is 13.1. The summed E-state index contributed by atoms with van der Waals surface area (Å²) in [7, 11) is 0. The zero-order valence-electron chi connectivity index (χ0n) is 16.4. The largest absolute Gasteiger partial charge is 0.368 e. The van der Waals surface area contributed by atoms with Gasteiger partial charge in [0.2, 0.25) is 0 Å². The van der Waals surface area contributed by atoms with E-state index in [4.69, 9.17) is 0 Å². The summed E-state index contributed by atoms with van der Waals surface area (Å²) in [5.41, 5.74) is 2.37. The molecule has 6 heteroatoms. The van der Waals surface area contributed by atoms with Crippen LogP contribution in [0.3, 0.4) is 0 Å². The number of nitrogens with zero attached hydrogens (tertiary/aromatic N) is 2. The van der Waals surface area contributed by atoms with Gasteiger partial charge in [0.05, 0.1) is 11.3 Å². The zero-order valence-corrected chi connectivity index (χ0v) is 16.4. The maximum absolute atomic E-state index is 13.1. The molecule has 3 aromatic carbocycles. The molecule has 0 aromatic heterocycles. The van der Waals surface area contributed by atoms with E-state index in [2.05, 4.69) is 22.3 Å². The first kappa shape index (κ1) is 19.6. The van der Waals surface area contributed by atoms with Crippen LogP contribution in [-0.2, 0) is 0 Å². The molecule has 4 rings (SSSR count). The smallest absolute Gasteiger partial charge is 0.256 e. The lowest BCUT2D eigenvalue weighted by Crippen LogP contribution is -2.48. The lowest BCUT2D eigenvalue weighted by molar-refractivity contribution is 0.0748. The molecule has 0 spiro atoms. The lowest BCUT2D eigenvalue weighted by atomic mass is 10.1. The van der Waals surface area contributed by atoms with Gasteiger partial charge in [-0.05, 0) is 48.5 Å². The number of para-hydroxylation sites is 2. The Morgan fingerprint density at radius 1 is 0.767 bits per heavy atom. The average Bonchev–Trinajstić information content (AvgIpc) is 2.80. The van der Waals surface area contributed by atoms with Crippen LogP contribution in [-0.4, -0.2) is 42.9 Å². The first-order valence-electron chi connectivity index (χ1n) is 9.87. The fourth-order valence-corrected chi connectivity index (χ4v) is 3.55. The molecule has 0 aliphatic carbocycles. The van der Waals surface area contributed by atoms with Gasteiger partial charge in [0, 0.05) is 37.4 Å². The highest BCUT2D eigenvalue weighted by Gasteiger charge is 2.24. The second-order valence-electron chi connectivity index (χ2n) is 7.12. The van der Waals surface area contributed by atoms with Gasteiger partial charge in [-0.3, -0.25) is 9.59 Å². The first-order chi connectivity index (χ1) is 14.6. The van der Waals surface area contributed by atoms with Crippen molar-refractivity contribution in [2.24, 2.45) is 0 Å². The van der Waals surface area contributed by atoms with Gasteiger partial charge in [-0.1, -0.05) is 30.3 Å². The van der Waals surface area contributed by atoms with E-state index in [1.54, 1.807) is 24.3 Å². The molecule has 1 saturated heterocycles. The highest BCUT2D eigenvalue weighted by Crippen LogP contribution is 2.21. The number of piperazine rings is 1. The van der Waals surface area contributed by atoms with Crippen molar-refractivity contribution in [1.82, 2.24) is 4.90 Å². The first-order valence-corrected chi connectivity index (χ1v) is 9.87. The van der Waals surface area contributed by atoms with E-state index in [9.17, 15) is 14.0 Å². The van der Waals surface area contributed by atoms with Crippen LogP contribution in [0, 0.1) is 5.82 Å². The van der Waals surface area contributed by atoms with Crippen LogP contribution >= 0.6 is 0 Å². The third-order valence-corrected chi connectivity index (χ3v) is 5.20. The molecule has 2 amide bonds. The number of benzene rings is 3. The summed E-state index contributed by atoms with van der Waals surface area (Å²) in [5, 5.41) is 2.78.